The molecule has 0 aromatic carbocycles. The van der Waals surface area contributed by atoms with Crippen LogP contribution in [-0.4, -0.2) is 35.0 Å². The molecule has 1 aliphatic heterocycles. The summed E-state index contributed by atoms with van der Waals surface area (Å²) in [4.78, 5) is 28.1. The van der Waals surface area contributed by atoms with Crippen molar-refractivity contribution in [3.05, 3.63) is 23.9 Å². The number of nitrogens with one attached hydrogen (secondary N) is 1. The third-order valence-electron chi connectivity index (χ3n) is 2.52. The summed E-state index contributed by atoms with van der Waals surface area (Å²) in [6.45, 7) is 1.84. The molecule has 6 nitrogen and oxygen atoms in total. The second-order valence-electron chi connectivity index (χ2n) is 3.95. The SMILES string of the molecule is C[C@@H](O)c1ccnc(N2CC(=O)NC(=O)C2)c1. The molecule has 0 radical (unpaired) electrons. The van der Waals surface area contributed by atoms with Crippen molar-refractivity contribution in [2.24, 2.45) is 0 Å². The Balaban J connectivity index is 2.24. The van der Waals surface area contributed by atoms with Gasteiger partial charge in [-0.25, -0.2) is 4.98 Å². The van der Waals surface area contributed by atoms with Crippen LogP contribution in [0, 0.1) is 0 Å². The zero-order valence-corrected chi connectivity index (χ0v) is 9.38. The Morgan fingerprint density at radius 3 is 2.65 bits per heavy atom. The van der Waals surface area contributed by atoms with Crippen LogP contribution in [0.3, 0.4) is 0 Å². The second-order valence-corrected chi connectivity index (χ2v) is 3.95. The molecule has 0 spiro atoms. The largest absolute Gasteiger partial charge is 0.389 e. The topological polar surface area (TPSA) is 82.5 Å². The molecule has 90 valence electrons. The minimum atomic E-state index is -0.605. The molecular formula is C11H13N3O3. The van der Waals surface area contributed by atoms with Gasteiger partial charge in [0, 0.05) is 6.20 Å². The van der Waals surface area contributed by atoms with Crippen LogP contribution in [0.1, 0.15) is 18.6 Å². The monoisotopic (exact) mass is 235 g/mol. The maximum Gasteiger partial charge on any atom is 0.246 e. The van der Waals surface area contributed by atoms with Crippen LogP contribution in [0.5, 0.6) is 0 Å². The van der Waals surface area contributed by atoms with Crippen LogP contribution in [0.4, 0.5) is 5.82 Å². The van der Waals surface area contributed by atoms with Crippen LogP contribution in [0.25, 0.3) is 0 Å². The molecule has 0 unspecified atom stereocenters. The normalized spacial score (nSPS) is 17.9. The van der Waals surface area contributed by atoms with Gasteiger partial charge < -0.3 is 10.0 Å². The van der Waals surface area contributed by atoms with E-state index in [0.29, 0.717) is 11.4 Å². The smallest absolute Gasteiger partial charge is 0.246 e. The first kappa shape index (κ1) is 11.5. The van der Waals surface area contributed by atoms with E-state index >= 15 is 0 Å². The molecule has 0 bridgehead atoms. The fourth-order valence-corrected chi connectivity index (χ4v) is 1.67. The third kappa shape index (κ3) is 2.59. The van der Waals surface area contributed by atoms with Crippen molar-refractivity contribution in [2.75, 3.05) is 18.0 Å². The average Bonchev–Trinajstić information content (AvgIpc) is 2.28. The minimum Gasteiger partial charge on any atom is -0.389 e. The number of hydrogen-bond donors (Lipinski definition) is 2. The lowest BCUT2D eigenvalue weighted by Crippen LogP contribution is -2.51. The number of aromatic nitrogens is 1. The number of hydrogen-bond acceptors (Lipinski definition) is 5. The summed E-state index contributed by atoms with van der Waals surface area (Å²) in [5.41, 5.74) is 0.702. The van der Waals surface area contributed by atoms with E-state index in [0.717, 1.165) is 0 Å². The van der Waals surface area contributed by atoms with Gasteiger partial charge in [0.15, 0.2) is 0 Å². The third-order valence-corrected chi connectivity index (χ3v) is 2.52. The minimum absolute atomic E-state index is 0.0992. The van der Waals surface area contributed by atoms with Gasteiger partial charge in [-0.15, -0.1) is 0 Å². The van der Waals surface area contributed by atoms with E-state index in [2.05, 4.69) is 10.3 Å². The van der Waals surface area contributed by atoms with Gasteiger partial charge in [-0.1, -0.05) is 0 Å². The average molecular weight is 235 g/mol. The number of aliphatic hydroxyl groups excluding tert-OH is 1. The number of amides is 2. The number of nitrogens with zero attached hydrogens (tertiary/aromatic N) is 2. The molecule has 1 aromatic rings. The molecule has 2 amide bonds. The zero-order chi connectivity index (χ0) is 12.4. The molecule has 1 saturated heterocycles. The number of carbonyl (C=O) groups is 2. The zero-order valence-electron chi connectivity index (χ0n) is 9.38. The Morgan fingerprint density at radius 1 is 1.41 bits per heavy atom. The summed E-state index contributed by atoms with van der Waals surface area (Å²) in [5.74, 6) is -0.164. The van der Waals surface area contributed by atoms with E-state index in [1.807, 2.05) is 0 Å². The predicted octanol–water partition coefficient (Wildman–Crippen LogP) is -0.402. The van der Waals surface area contributed by atoms with Crippen molar-refractivity contribution in [3.63, 3.8) is 0 Å². The summed E-state index contributed by atoms with van der Waals surface area (Å²) in [7, 11) is 0. The first-order valence-corrected chi connectivity index (χ1v) is 5.28. The van der Waals surface area contributed by atoms with Gasteiger partial charge in [0.2, 0.25) is 11.8 Å². The Bertz CT molecular complexity index is 443. The summed E-state index contributed by atoms with van der Waals surface area (Å²) >= 11 is 0. The summed E-state index contributed by atoms with van der Waals surface area (Å²) in [6.07, 6.45) is 0.944. The lowest BCUT2D eigenvalue weighted by Gasteiger charge is -2.26. The van der Waals surface area contributed by atoms with Gasteiger partial charge >= 0.3 is 0 Å². The quantitative estimate of drug-likeness (QED) is 0.681. The van der Waals surface area contributed by atoms with Crippen molar-refractivity contribution >= 4 is 17.6 Å². The lowest BCUT2D eigenvalue weighted by molar-refractivity contribution is -0.130. The Hall–Kier alpha value is -1.95. The molecule has 17 heavy (non-hydrogen) atoms. The highest BCUT2D eigenvalue weighted by molar-refractivity contribution is 6.02. The molecule has 0 saturated carbocycles. The highest BCUT2D eigenvalue weighted by Crippen LogP contribution is 2.18. The van der Waals surface area contributed by atoms with Crippen molar-refractivity contribution < 1.29 is 14.7 Å². The Morgan fingerprint density at radius 2 is 2.06 bits per heavy atom. The van der Waals surface area contributed by atoms with Crippen molar-refractivity contribution in [1.29, 1.82) is 0 Å². The van der Waals surface area contributed by atoms with Crippen molar-refractivity contribution in [2.45, 2.75) is 13.0 Å². The molecule has 2 heterocycles. The first-order chi connectivity index (χ1) is 8.06. The maximum atomic E-state index is 11.2. The van der Waals surface area contributed by atoms with Crippen LogP contribution in [-0.2, 0) is 9.59 Å². The van der Waals surface area contributed by atoms with Gasteiger partial charge in [0.1, 0.15) is 5.82 Å². The molecule has 1 fully saturated rings. The summed E-state index contributed by atoms with van der Waals surface area (Å²) < 4.78 is 0. The Labute approximate surface area is 98.3 Å². The number of anilines is 1. The van der Waals surface area contributed by atoms with Crippen LogP contribution in [0.2, 0.25) is 0 Å². The van der Waals surface area contributed by atoms with E-state index in [-0.39, 0.29) is 24.9 Å². The number of aliphatic hydroxyl groups is 1. The van der Waals surface area contributed by atoms with E-state index in [4.69, 9.17) is 0 Å². The second kappa shape index (κ2) is 4.50. The first-order valence-electron chi connectivity index (χ1n) is 5.28. The summed E-state index contributed by atoms with van der Waals surface area (Å²) in [6, 6.07) is 3.37. The molecule has 0 aliphatic carbocycles. The van der Waals surface area contributed by atoms with Crippen molar-refractivity contribution in [1.82, 2.24) is 10.3 Å². The molecule has 2 N–H and O–H groups in total. The van der Waals surface area contributed by atoms with Gasteiger partial charge in [-0.3, -0.25) is 14.9 Å². The van der Waals surface area contributed by atoms with Gasteiger partial charge in [-0.2, -0.15) is 0 Å². The standard InChI is InChI=1S/C11H13N3O3/c1-7(15)8-2-3-12-9(4-8)14-5-10(16)13-11(17)6-14/h2-4,7,15H,5-6H2,1H3,(H,13,16,17)/t7-/m1/s1. The molecule has 1 atom stereocenters. The fraction of sp³-hybridized carbons (Fsp3) is 0.364. The molecule has 6 heteroatoms. The van der Waals surface area contributed by atoms with Crippen LogP contribution < -0.4 is 10.2 Å². The van der Waals surface area contributed by atoms with Gasteiger partial charge in [-0.05, 0) is 24.6 Å². The molecule has 1 aliphatic rings. The predicted molar refractivity (Wildman–Crippen MR) is 60.2 cm³/mol. The number of imide groups is 1. The number of piperazine rings is 1. The van der Waals surface area contributed by atoms with Crippen LogP contribution >= 0.6 is 0 Å². The van der Waals surface area contributed by atoms with E-state index in [1.54, 1.807) is 30.2 Å². The number of carbonyl (C=O) groups excluding carboxylic acids is 2. The fourth-order valence-electron chi connectivity index (χ4n) is 1.67. The van der Waals surface area contributed by atoms with E-state index in [1.165, 1.54) is 0 Å². The number of pyridine rings is 1. The Kier molecular flexibility index (Phi) is 3.06. The van der Waals surface area contributed by atoms with Gasteiger partial charge in [0.25, 0.3) is 0 Å². The maximum absolute atomic E-state index is 11.2. The van der Waals surface area contributed by atoms with E-state index < -0.39 is 6.10 Å². The van der Waals surface area contributed by atoms with Crippen molar-refractivity contribution in [3.8, 4) is 0 Å². The van der Waals surface area contributed by atoms with Crippen LogP contribution in [0.15, 0.2) is 18.3 Å². The number of rotatable bonds is 2. The molecular weight excluding hydrogens is 222 g/mol. The highest BCUT2D eigenvalue weighted by Gasteiger charge is 2.23. The highest BCUT2D eigenvalue weighted by atomic mass is 16.3. The van der Waals surface area contributed by atoms with Gasteiger partial charge in [0.05, 0.1) is 19.2 Å². The summed E-state index contributed by atoms with van der Waals surface area (Å²) in [5, 5.41) is 11.7. The lowest BCUT2D eigenvalue weighted by atomic mass is 10.1. The van der Waals surface area contributed by atoms with E-state index in [9.17, 15) is 14.7 Å². The molecule has 1 aromatic heterocycles. The molecule has 2 rings (SSSR count).